The van der Waals surface area contributed by atoms with Gasteiger partial charge in [0.25, 0.3) is 0 Å². The molecule has 0 saturated carbocycles. The fraction of sp³-hybridized carbons (Fsp3) is 0.867. The molecule has 0 aromatic rings. The van der Waals surface area contributed by atoms with E-state index in [1.807, 2.05) is 13.8 Å². The molecule has 0 fully saturated rings. The van der Waals surface area contributed by atoms with Crippen LogP contribution in [-0.4, -0.2) is 40.0 Å². The summed E-state index contributed by atoms with van der Waals surface area (Å²) in [5.74, 6) is -1.45. The minimum Gasteiger partial charge on any atom is -0.479 e. The van der Waals surface area contributed by atoms with Gasteiger partial charge in [0.05, 0.1) is 6.04 Å². The van der Waals surface area contributed by atoms with Crippen LogP contribution in [0.2, 0.25) is 0 Å². The number of aliphatic hydroxyl groups excluding tert-OH is 1. The Hall–Kier alpha value is -1.30. The quantitative estimate of drug-likeness (QED) is 0.640. The highest BCUT2D eigenvalue weighted by Crippen LogP contribution is 2.20. The first-order valence-electron chi connectivity index (χ1n) is 7.52. The second-order valence-electron chi connectivity index (χ2n) is 6.27. The summed E-state index contributed by atoms with van der Waals surface area (Å²) in [7, 11) is 0. The molecule has 0 aliphatic carbocycles. The van der Waals surface area contributed by atoms with E-state index in [9.17, 15) is 14.7 Å². The molecule has 1 unspecified atom stereocenters. The Morgan fingerprint density at radius 1 is 1.24 bits per heavy atom. The monoisotopic (exact) mass is 303 g/mol. The van der Waals surface area contributed by atoms with Crippen LogP contribution in [-0.2, 0) is 9.53 Å². The first-order valence-corrected chi connectivity index (χ1v) is 7.52. The molecule has 0 radical (unpaired) electrons. The number of aliphatic hydroxyl groups is 1. The van der Waals surface area contributed by atoms with Crippen molar-refractivity contribution < 1.29 is 24.5 Å². The second kappa shape index (κ2) is 8.87. The first-order chi connectivity index (χ1) is 9.62. The zero-order valence-electron chi connectivity index (χ0n) is 13.7. The largest absolute Gasteiger partial charge is 0.479 e. The van der Waals surface area contributed by atoms with Crippen molar-refractivity contribution in [2.75, 3.05) is 0 Å². The summed E-state index contributed by atoms with van der Waals surface area (Å²) in [6.45, 7) is 9.13. The molecule has 0 bridgehead atoms. The van der Waals surface area contributed by atoms with E-state index in [1.54, 1.807) is 20.8 Å². The number of carboxylic acids is 1. The van der Waals surface area contributed by atoms with E-state index in [1.165, 1.54) is 0 Å². The fourth-order valence-electron chi connectivity index (χ4n) is 2.16. The molecule has 0 aliphatic rings. The number of ether oxygens (including phenoxy) is 1. The normalized spacial score (nSPS) is 15.9. The van der Waals surface area contributed by atoms with Crippen molar-refractivity contribution in [3.63, 3.8) is 0 Å². The molecular formula is C15H29NO5. The van der Waals surface area contributed by atoms with Gasteiger partial charge in [-0.25, -0.2) is 9.59 Å². The summed E-state index contributed by atoms with van der Waals surface area (Å²) in [5, 5.41) is 21.4. The summed E-state index contributed by atoms with van der Waals surface area (Å²) in [6, 6.07) is -0.853. The standard InChI is InChI=1S/C15H29NO5/c1-6-8-9-10(7-2)11(12(17)13(18)19)16-14(20)21-15(3,4)5/h10-12,17H,6-9H2,1-5H3,(H,16,20)(H,18,19)/t10?,11-,12+/m1/s1. The number of carbonyl (C=O) groups excluding carboxylic acids is 1. The molecule has 3 N–H and O–H groups in total. The predicted molar refractivity (Wildman–Crippen MR) is 80.1 cm³/mol. The van der Waals surface area contributed by atoms with Crippen molar-refractivity contribution in [2.45, 2.75) is 78.0 Å². The van der Waals surface area contributed by atoms with Gasteiger partial charge in [0.15, 0.2) is 6.10 Å². The maximum atomic E-state index is 11.9. The Morgan fingerprint density at radius 3 is 2.19 bits per heavy atom. The number of carbonyl (C=O) groups is 2. The molecule has 0 rings (SSSR count). The third-order valence-corrected chi connectivity index (χ3v) is 3.24. The zero-order valence-corrected chi connectivity index (χ0v) is 13.7. The van der Waals surface area contributed by atoms with E-state index < -0.39 is 29.8 Å². The summed E-state index contributed by atoms with van der Waals surface area (Å²) in [4.78, 5) is 22.9. The van der Waals surface area contributed by atoms with E-state index in [-0.39, 0.29) is 5.92 Å². The summed E-state index contributed by atoms with van der Waals surface area (Å²) < 4.78 is 5.14. The van der Waals surface area contributed by atoms with Gasteiger partial charge in [0.2, 0.25) is 0 Å². The van der Waals surface area contributed by atoms with Crippen molar-refractivity contribution in [3.8, 4) is 0 Å². The Balaban J connectivity index is 4.95. The van der Waals surface area contributed by atoms with Gasteiger partial charge in [0.1, 0.15) is 5.60 Å². The van der Waals surface area contributed by atoms with E-state index in [4.69, 9.17) is 9.84 Å². The minimum absolute atomic E-state index is 0.108. The average Bonchev–Trinajstić information content (AvgIpc) is 2.34. The van der Waals surface area contributed by atoms with Crippen molar-refractivity contribution in [1.29, 1.82) is 0 Å². The SMILES string of the molecule is CCCCC(CC)[C@@H](NC(=O)OC(C)(C)C)[C@H](O)C(=O)O. The number of hydrogen-bond acceptors (Lipinski definition) is 4. The molecule has 0 spiro atoms. The first kappa shape index (κ1) is 19.7. The Kier molecular flexibility index (Phi) is 8.32. The van der Waals surface area contributed by atoms with Crippen LogP contribution in [0, 0.1) is 5.92 Å². The number of nitrogens with one attached hydrogen (secondary N) is 1. The van der Waals surface area contributed by atoms with E-state index in [2.05, 4.69) is 5.32 Å². The zero-order chi connectivity index (χ0) is 16.6. The molecule has 0 aromatic heterocycles. The van der Waals surface area contributed by atoms with Gasteiger partial charge >= 0.3 is 12.1 Å². The van der Waals surface area contributed by atoms with Crippen LogP contribution in [0.1, 0.15) is 60.3 Å². The lowest BCUT2D eigenvalue weighted by atomic mass is 9.88. The van der Waals surface area contributed by atoms with Gasteiger partial charge in [-0.1, -0.05) is 33.1 Å². The number of unbranched alkanes of at least 4 members (excludes halogenated alkanes) is 1. The van der Waals surface area contributed by atoms with Crippen LogP contribution in [0.4, 0.5) is 4.79 Å². The van der Waals surface area contributed by atoms with Crippen LogP contribution in [0.3, 0.4) is 0 Å². The predicted octanol–water partition coefficient (Wildman–Crippen LogP) is 2.54. The molecule has 0 saturated heterocycles. The molecule has 124 valence electrons. The smallest absolute Gasteiger partial charge is 0.407 e. The molecule has 21 heavy (non-hydrogen) atoms. The number of aliphatic carboxylic acids is 1. The third kappa shape index (κ3) is 7.90. The van der Waals surface area contributed by atoms with Crippen molar-refractivity contribution in [1.82, 2.24) is 5.32 Å². The Bertz CT molecular complexity index is 337. The Labute approximate surface area is 126 Å². The van der Waals surface area contributed by atoms with Crippen molar-refractivity contribution in [3.05, 3.63) is 0 Å². The summed E-state index contributed by atoms with van der Waals surface area (Å²) in [6.07, 6.45) is 0.959. The molecule has 6 heteroatoms. The molecule has 6 nitrogen and oxygen atoms in total. The van der Waals surface area contributed by atoms with Gasteiger partial charge in [-0.2, -0.15) is 0 Å². The lowest BCUT2D eigenvalue weighted by molar-refractivity contribution is -0.149. The second-order valence-corrected chi connectivity index (χ2v) is 6.27. The van der Waals surface area contributed by atoms with Crippen LogP contribution >= 0.6 is 0 Å². The molecule has 3 atom stereocenters. The Morgan fingerprint density at radius 2 is 1.81 bits per heavy atom. The van der Waals surface area contributed by atoms with Crippen molar-refractivity contribution in [2.24, 2.45) is 5.92 Å². The lowest BCUT2D eigenvalue weighted by Gasteiger charge is -2.30. The van der Waals surface area contributed by atoms with Crippen LogP contribution in [0.15, 0.2) is 0 Å². The highest BCUT2D eigenvalue weighted by molar-refractivity contribution is 5.75. The van der Waals surface area contributed by atoms with Gasteiger partial charge in [0, 0.05) is 0 Å². The topological polar surface area (TPSA) is 95.9 Å². The number of hydrogen-bond donors (Lipinski definition) is 3. The van der Waals surface area contributed by atoms with E-state index in [0.29, 0.717) is 6.42 Å². The highest BCUT2D eigenvalue weighted by Gasteiger charge is 2.34. The number of amides is 1. The van der Waals surface area contributed by atoms with E-state index in [0.717, 1.165) is 19.3 Å². The average molecular weight is 303 g/mol. The third-order valence-electron chi connectivity index (χ3n) is 3.24. The number of alkyl carbamates (subject to hydrolysis) is 1. The number of carboxylic acid groups (broad SMARTS) is 1. The van der Waals surface area contributed by atoms with Crippen LogP contribution in [0.5, 0.6) is 0 Å². The molecular weight excluding hydrogens is 274 g/mol. The summed E-state index contributed by atoms with van der Waals surface area (Å²) >= 11 is 0. The molecule has 1 amide bonds. The minimum atomic E-state index is -1.64. The fourth-order valence-corrected chi connectivity index (χ4v) is 2.16. The summed E-state index contributed by atoms with van der Waals surface area (Å²) in [5.41, 5.74) is -0.673. The van der Waals surface area contributed by atoms with Crippen molar-refractivity contribution >= 4 is 12.1 Å². The maximum Gasteiger partial charge on any atom is 0.407 e. The van der Waals surface area contributed by atoms with Gasteiger partial charge in [-0.15, -0.1) is 0 Å². The van der Waals surface area contributed by atoms with Gasteiger partial charge in [-0.3, -0.25) is 0 Å². The maximum absolute atomic E-state index is 11.9. The van der Waals surface area contributed by atoms with Crippen LogP contribution in [0.25, 0.3) is 0 Å². The lowest BCUT2D eigenvalue weighted by Crippen LogP contribution is -2.52. The van der Waals surface area contributed by atoms with E-state index >= 15 is 0 Å². The molecule has 0 heterocycles. The molecule has 0 aromatic carbocycles. The van der Waals surface area contributed by atoms with Gasteiger partial charge < -0.3 is 20.3 Å². The number of rotatable bonds is 8. The molecule has 0 aliphatic heterocycles. The van der Waals surface area contributed by atoms with Gasteiger partial charge in [-0.05, 0) is 33.1 Å². The highest BCUT2D eigenvalue weighted by atomic mass is 16.6. The van der Waals surface area contributed by atoms with Crippen LogP contribution < -0.4 is 5.32 Å².